The fourth-order valence-corrected chi connectivity index (χ4v) is 4.90. The Morgan fingerprint density at radius 1 is 1.22 bits per heavy atom. The van der Waals surface area contributed by atoms with Crippen LogP contribution < -0.4 is 9.47 Å². The number of ketones is 1. The summed E-state index contributed by atoms with van der Waals surface area (Å²) in [5.41, 5.74) is 3.64. The molecule has 4 heteroatoms. The van der Waals surface area contributed by atoms with Gasteiger partial charge in [-0.2, -0.15) is 0 Å². The minimum absolute atomic E-state index is 0.0926. The number of likely N-dealkylation sites (tertiary alicyclic amines) is 1. The Bertz CT molecular complexity index is 709. The summed E-state index contributed by atoms with van der Waals surface area (Å²) < 4.78 is 11.2. The molecular formula is C19H23NO3. The van der Waals surface area contributed by atoms with Crippen molar-refractivity contribution in [2.45, 2.75) is 31.7 Å². The van der Waals surface area contributed by atoms with Crippen LogP contribution in [-0.4, -0.2) is 44.5 Å². The van der Waals surface area contributed by atoms with E-state index in [4.69, 9.17) is 9.47 Å². The van der Waals surface area contributed by atoms with Crippen molar-refractivity contribution in [1.82, 2.24) is 4.90 Å². The van der Waals surface area contributed by atoms with Gasteiger partial charge in [0, 0.05) is 23.4 Å². The Hall–Kier alpha value is -1.81. The maximum absolute atomic E-state index is 12.2. The first-order valence-corrected chi connectivity index (χ1v) is 8.30. The number of rotatable bonds is 2. The predicted molar refractivity (Wildman–Crippen MR) is 88.9 cm³/mol. The third kappa shape index (κ3) is 1.91. The maximum Gasteiger partial charge on any atom is 0.168 e. The zero-order chi connectivity index (χ0) is 16.2. The number of hydrogen-bond donors (Lipinski definition) is 0. The molecule has 23 heavy (non-hydrogen) atoms. The van der Waals surface area contributed by atoms with E-state index >= 15 is 0 Å². The lowest BCUT2D eigenvalue weighted by Crippen LogP contribution is -2.45. The molecule has 0 N–H and O–H groups in total. The molecule has 1 heterocycles. The second-order valence-corrected chi connectivity index (χ2v) is 6.97. The van der Waals surface area contributed by atoms with E-state index < -0.39 is 0 Å². The van der Waals surface area contributed by atoms with Crippen molar-refractivity contribution >= 4 is 11.4 Å². The lowest BCUT2D eigenvalue weighted by Gasteiger charge is -2.46. The summed E-state index contributed by atoms with van der Waals surface area (Å²) in [5, 5.41) is 0. The summed E-state index contributed by atoms with van der Waals surface area (Å²) >= 11 is 0. The van der Waals surface area contributed by atoms with Gasteiger partial charge < -0.3 is 14.4 Å². The quantitative estimate of drug-likeness (QED) is 0.841. The number of allylic oxidation sites excluding steroid dienone is 1. The summed E-state index contributed by atoms with van der Waals surface area (Å²) in [4.78, 5) is 14.6. The van der Waals surface area contributed by atoms with Crippen molar-refractivity contribution in [2.24, 2.45) is 5.41 Å². The number of ether oxygens (including phenoxy) is 2. The predicted octanol–water partition coefficient (Wildman–Crippen LogP) is 2.70. The summed E-state index contributed by atoms with van der Waals surface area (Å²) in [6, 6.07) is 4.59. The van der Waals surface area contributed by atoms with E-state index in [-0.39, 0.29) is 11.2 Å². The molecule has 1 saturated heterocycles. The van der Waals surface area contributed by atoms with Gasteiger partial charge in [0.2, 0.25) is 0 Å². The van der Waals surface area contributed by atoms with Crippen LogP contribution in [0.3, 0.4) is 0 Å². The van der Waals surface area contributed by atoms with Crippen molar-refractivity contribution in [3.63, 3.8) is 0 Å². The Morgan fingerprint density at radius 2 is 2.04 bits per heavy atom. The molecule has 0 radical (unpaired) electrons. The Morgan fingerprint density at radius 3 is 2.78 bits per heavy atom. The van der Waals surface area contributed by atoms with Crippen LogP contribution in [-0.2, 0) is 11.2 Å². The topological polar surface area (TPSA) is 38.8 Å². The average molecular weight is 313 g/mol. The van der Waals surface area contributed by atoms with Crippen LogP contribution in [0.15, 0.2) is 18.2 Å². The zero-order valence-corrected chi connectivity index (χ0v) is 14.0. The fourth-order valence-electron chi connectivity index (χ4n) is 4.90. The van der Waals surface area contributed by atoms with Gasteiger partial charge in [-0.25, -0.2) is 0 Å². The van der Waals surface area contributed by atoms with Crippen molar-refractivity contribution in [3.8, 4) is 11.5 Å². The highest BCUT2D eigenvalue weighted by Gasteiger charge is 2.53. The molecular weight excluding hydrogens is 290 g/mol. The van der Waals surface area contributed by atoms with E-state index in [0.29, 0.717) is 12.5 Å². The molecule has 1 aromatic rings. The first kappa shape index (κ1) is 14.8. The molecule has 0 saturated carbocycles. The van der Waals surface area contributed by atoms with Crippen LogP contribution >= 0.6 is 0 Å². The van der Waals surface area contributed by atoms with Gasteiger partial charge in [-0.05, 0) is 56.1 Å². The normalized spacial score (nSPS) is 29.4. The van der Waals surface area contributed by atoms with Gasteiger partial charge in [-0.3, -0.25) is 4.79 Å². The van der Waals surface area contributed by atoms with E-state index in [1.54, 1.807) is 14.2 Å². The monoisotopic (exact) mass is 313 g/mol. The van der Waals surface area contributed by atoms with Gasteiger partial charge in [0.05, 0.1) is 14.2 Å². The highest BCUT2D eigenvalue weighted by atomic mass is 16.5. The lowest BCUT2D eigenvalue weighted by atomic mass is 9.60. The molecule has 1 spiro atoms. The Labute approximate surface area is 137 Å². The highest BCUT2D eigenvalue weighted by molar-refractivity contribution is 6.02. The van der Waals surface area contributed by atoms with E-state index in [1.165, 1.54) is 11.1 Å². The minimum Gasteiger partial charge on any atom is -0.493 e. The van der Waals surface area contributed by atoms with Crippen molar-refractivity contribution in [1.29, 1.82) is 0 Å². The molecule has 1 aliphatic heterocycles. The number of carbonyl (C=O) groups excluding carboxylic acids is 1. The summed E-state index contributed by atoms with van der Waals surface area (Å²) in [5.74, 6) is 1.75. The van der Waals surface area contributed by atoms with Crippen LogP contribution in [0.2, 0.25) is 0 Å². The minimum atomic E-state index is 0.0926. The molecule has 4 rings (SSSR count). The standard InChI is InChI=1S/C19H23NO3/c1-20-9-8-19-7-6-13(21)11-14(19)17-12(10-16(19)20)4-5-15(22-2)18(17)23-3/h4-5,11,16H,6-10H2,1-3H3/t16-,19+/m0/s1. The summed E-state index contributed by atoms with van der Waals surface area (Å²) in [6.07, 6.45) is 5.63. The number of carbonyl (C=O) groups is 1. The van der Waals surface area contributed by atoms with Crippen LogP contribution in [0.1, 0.15) is 30.4 Å². The second kappa shape index (κ2) is 5.10. The summed E-state index contributed by atoms with van der Waals surface area (Å²) in [7, 11) is 5.55. The van der Waals surface area contributed by atoms with Gasteiger partial charge in [0.15, 0.2) is 17.3 Å². The molecule has 3 aliphatic rings. The highest BCUT2D eigenvalue weighted by Crippen LogP contribution is 2.59. The molecule has 1 aromatic carbocycles. The molecule has 0 amide bonds. The first-order valence-electron chi connectivity index (χ1n) is 8.30. The van der Waals surface area contributed by atoms with Crippen molar-refractivity contribution in [3.05, 3.63) is 29.3 Å². The third-order valence-electron chi connectivity index (χ3n) is 6.05. The molecule has 4 nitrogen and oxygen atoms in total. The lowest BCUT2D eigenvalue weighted by molar-refractivity contribution is -0.115. The number of benzene rings is 1. The molecule has 0 bridgehead atoms. The SMILES string of the molecule is COc1ccc2c(c1OC)C1=CC(=O)CC[C@@]13CCN(C)[C@H]3C2. The number of hydrogen-bond acceptors (Lipinski definition) is 4. The molecule has 1 fully saturated rings. The number of likely N-dealkylation sites (N-methyl/N-ethyl adjacent to an activating group) is 1. The Kier molecular flexibility index (Phi) is 3.27. The Balaban J connectivity index is 1.99. The van der Waals surface area contributed by atoms with Gasteiger partial charge >= 0.3 is 0 Å². The maximum atomic E-state index is 12.2. The first-order chi connectivity index (χ1) is 11.1. The second-order valence-electron chi connectivity index (χ2n) is 6.97. The summed E-state index contributed by atoms with van der Waals surface area (Å²) in [6.45, 7) is 1.09. The van der Waals surface area contributed by atoms with Crippen molar-refractivity contribution < 1.29 is 14.3 Å². The van der Waals surface area contributed by atoms with Crippen LogP contribution in [0, 0.1) is 5.41 Å². The molecule has 0 aromatic heterocycles. The van der Waals surface area contributed by atoms with Crippen LogP contribution in [0.25, 0.3) is 5.57 Å². The zero-order valence-electron chi connectivity index (χ0n) is 14.0. The van der Waals surface area contributed by atoms with Gasteiger partial charge in [-0.15, -0.1) is 0 Å². The van der Waals surface area contributed by atoms with E-state index in [2.05, 4.69) is 18.0 Å². The fraction of sp³-hybridized carbons (Fsp3) is 0.526. The third-order valence-corrected chi connectivity index (χ3v) is 6.05. The van der Waals surface area contributed by atoms with Gasteiger partial charge in [0.1, 0.15) is 0 Å². The molecule has 122 valence electrons. The van der Waals surface area contributed by atoms with E-state index in [1.807, 2.05) is 12.1 Å². The van der Waals surface area contributed by atoms with Crippen LogP contribution in [0.4, 0.5) is 0 Å². The van der Waals surface area contributed by atoms with E-state index in [0.717, 1.165) is 42.9 Å². The van der Waals surface area contributed by atoms with Gasteiger partial charge in [-0.1, -0.05) is 6.07 Å². The largest absolute Gasteiger partial charge is 0.493 e. The van der Waals surface area contributed by atoms with Gasteiger partial charge in [0.25, 0.3) is 0 Å². The molecule has 2 atom stereocenters. The van der Waals surface area contributed by atoms with Crippen molar-refractivity contribution in [2.75, 3.05) is 27.8 Å². The molecule has 2 aliphatic carbocycles. The molecule has 0 unspecified atom stereocenters. The smallest absolute Gasteiger partial charge is 0.168 e. The number of nitrogens with zero attached hydrogens (tertiary/aromatic N) is 1. The van der Waals surface area contributed by atoms with Crippen LogP contribution in [0.5, 0.6) is 11.5 Å². The van der Waals surface area contributed by atoms with E-state index in [9.17, 15) is 4.79 Å². The average Bonchev–Trinajstić information content (AvgIpc) is 2.89. The number of methoxy groups -OCH3 is 2. The number of fused-ring (bicyclic) bond motifs is 2.